The van der Waals surface area contributed by atoms with Crippen LogP contribution in [0.25, 0.3) is 10.8 Å². The van der Waals surface area contributed by atoms with Gasteiger partial charge in [-0.3, -0.25) is 4.79 Å². The maximum Gasteiger partial charge on any atom is 0.340 e. The molecule has 6 nitrogen and oxygen atoms in total. The van der Waals surface area contributed by atoms with Crippen molar-refractivity contribution in [1.29, 1.82) is 0 Å². The molecule has 0 unspecified atom stereocenters. The number of methoxy groups -OCH3 is 3. The molecule has 0 aromatic heterocycles. The van der Waals surface area contributed by atoms with Gasteiger partial charge < -0.3 is 19.5 Å². The van der Waals surface area contributed by atoms with Crippen LogP contribution in [0, 0.1) is 0 Å². The number of carbonyl (C=O) groups is 2. The van der Waals surface area contributed by atoms with Crippen molar-refractivity contribution < 1.29 is 23.8 Å². The smallest absolute Gasteiger partial charge is 0.340 e. The molecule has 0 atom stereocenters. The number of anilines is 1. The van der Waals surface area contributed by atoms with Gasteiger partial charge in [-0.1, -0.05) is 42.5 Å². The molecule has 6 heteroatoms. The lowest BCUT2D eigenvalue weighted by molar-refractivity contribution is -0.116. The van der Waals surface area contributed by atoms with Crippen molar-refractivity contribution >= 4 is 28.3 Å². The summed E-state index contributed by atoms with van der Waals surface area (Å²) in [5.74, 6) is -0.00299. The second-order valence-electron chi connectivity index (χ2n) is 6.43. The second kappa shape index (κ2) is 9.10. The van der Waals surface area contributed by atoms with Gasteiger partial charge in [-0.05, 0) is 22.8 Å². The molecule has 0 radical (unpaired) electrons. The number of ether oxygens (including phenoxy) is 3. The van der Waals surface area contributed by atoms with Crippen molar-refractivity contribution in [2.45, 2.75) is 12.8 Å². The lowest BCUT2D eigenvalue weighted by atomic mass is 10.0. The van der Waals surface area contributed by atoms with E-state index in [1.165, 1.54) is 27.4 Å². The molecule has 0 bridgehead atoms. The van der Waals surface area contributed by atoms with Crippen molar-refractivity contribution in [2.75, 3.05) is 26.6 Å². The molecule has 1 N–H and O–H groups in total. The van der Waals surface area contributed by atoms with Crippen LogP contribution in [-0.2, 0) is 16.0 Å². The quantitative estimate of drug-likeness (QED) is 0.609. The Morgan fingerprint density at radius 1 is 0.897 bits per heavy atom. The molecule has 3 aromatic rings. The van der Waals surface area contributed by atoms with Crippen LogP contribution in [0.5, 0.6) is 11.5 Å². The topological polar surface area (TPSA) is 73.9 Å². The Morgan fingerprint density at radius 2 is 1.59 bits per heavy atom. The van der Waals surface area contributed by atoms with E-state index in [4.69, 9.17) is 14.2 Å². The van der Waals surface area contributed by atoms with Crippen molar-refractivity contribution in [1.82, 2.24) is 0 Å². The van der Waals surface area contributed by atoms with Gasteiger partial charge >= 0.3 is 5.97 Å². The Labute approximate surface area is 169 Å². The number of hydrogen-bond donors (Lipinski definition) is 1. The molecule has 1 amide bonds. The summed E-state index contributed by atoms with van der Waals surface area (Å²) in [4.78, 5) is 24.7. The summed E-state index contributed by atoms with van der Waals surface area (Å²) in [6, 6.07) is 17.2. The highest BCUT2D eigenvalue weighted by Gasteiger charge is 2.19. The third-order valence-electron chi connectivity index (χ3n) is 4.70. The fraction of sp³-hybridized carbons (Fsp3) is 0.217. The molecule has 0 aliphatic heterocycles. The first-order chi connectivity index (χ1) is 14.1. The molecule has 150 valence electrons. The van der Waals surface area contributed by atoms with Gasteiger partial charge in [-0.15, -0.1) is 0 Å². The van der Waals surface area contributed by atoms with Crippen molar-refractivity contribution in [3.63, 3.8) is 0 Å². The third kappa shape index (κ3) is 4.48. The molecule has 0 aliphatic rings. The standard InChI is InChI=1S/C23H23NO5/c1-27-20-13-18(23(26)29-3)19(14-21(20)28-2)24-22(25)12-11-16-9-6-8-15-7-4-5-10-17(15)16/h4-10,13-14H,11-12H2,1-3H3,(H,24,25). The highest BCUT2D eigenvalue weighted by atomic mass is 16.5. The summed E-state index contributed by atoms with van der Waals surface area (Å²) < 4.78 is 15.3. The van der Waals surface area contributed by atoms with E-state index in [-0.39, 0.29) is 17.9 Å². The van der Waals surface area contributed by atoms with Gasteiger partial charge in [0.25, 0.3) is 0 Å². The van der Waals surface area contributed by atoms with Crippen molar-refractivity contribution in [3.8, 4) is 11.5 Å². The summed E-state index contributed by atoms with van der Waals surface area (Å²) in [6.07, 6.45) is 0.844. The van der Waals surface area contributed by atoms with Gasteiger partial charge in [0.05, 0.1) is 32.6 Å². The third-order valence-corrected chi connectivity index (χ3v) is 4.70. The number of benzene rings is 3. The average molecular weight is 393 g/mol. The molecular formula is C23H23NO5. The fourth-order valence-corrected chi connectivity index (χ4v) is 3.23. The van der Waals surface area contributed by atoms with Gasteiger partial charge in [0, 0.05) is 18.6 Å². The predicted octanol–water partition coefficient (Wildman–Crippen LogP) is 4.21. The predicted molar refractivity (Wildman–Crippen MR) is 112 cm³/mol. The number of fused-ring (bicyclic) bond motifs is 1. The van der Waals surface area contributed by atoms with Gasteiger partial charge in [0.2, 0.25) is 5.91 Å². The van der Waals surface area contributed by atoms with E-state index in [0.717, 1.165) is 16.3 Å². The SMILES string of the molecule is COC(=O)c1cc(OC)c(OC)cc1NC(=O)CCc1cccc2ccccc12. The highest BCUT2D eigenvalue weighted by molar-refractivity contribution is 6.02. The summed E-state index contributed by atoms with van der Waals surface area (Å²) >= 11 is 0. The van der Waals surface area contributed by atoms with Crippen LogP contribution in [0.2, 0.25) is 0 Å². The Kier molecular flexibility index (Phi) is 6.34. The normalized spacial score (nSPS) is 10.4. The lowest BCUT2D eigenvalue weighted by Gasteiger charge is -2.15. The molecule has 0 aliphatic carbocycles. The van der Waals surface area contributed by atoms with Crippen molar-refractivity contribution in [3.05, 3.63) is 65.7 Å². The van der Waals surface area contributed by atoms with Crippen LogP contribution in [0.3, 0.4) is 0 Å². The van der Waals surface area contributed by atoms with Gasteiger partial charge in [0.1, 0.15) is 0 Å². The first-order valence-corrected chi connectivity index (χ1v) is 9.18. The van der Waals surface area contributed by atoms with Crippen molar-refractivity contribution in [2.24, 2.45) is 0 Å². The molecule has 0 saturated carbocycles. The number of hydrogen-bond acceptors (Lipinski definition) is 5. The van der Waals surface area contributed by atoms with E-state index in [2.05, 4.69) is 5.32 Å². The molecule has 3 rings (SSSR count). The molecule has 0 saturated heterocycles. The number of aryl methyl sites for hydroxylation is 1. The van der Waals surface area contributed by atoms with E-state index in [1.54, 1.807) is 6.07 Å². The minimum atomic E-state index is -0.574. The van der Waals surface area contributed by atoms with E-state index >= 15 is 0 Å². The van der Waals surface area contributed by atoms with E-state index < -0.39 is 5.97 Å². The average Bonchev–Trinajstić information content (AvgIpc) is 2.76. The zero-order valence-corrected chi connectivity index (χ0v) is 16.7. The fourth-order valence-electron chi connectivity index (χ4n) is 3.23. The summed E-state index contributed by atoms with van der Waals surface area (Å²) in [5, 5.41) is 5.06. The molecule has 3 aromatic carbocycles. The highest BCUT2D eigenvalue weighted by Crippen LogP contribution is 2.34. The van der Waals surface area contributed by atoms with Gasteiger partial charge in [-0.2, -0.15) is 0 Å². The Morgan fingerprint density at radius 3 is 2.31 bits per heavy atom. The molecular weight excluding hydrogens is 370 g/mol. The van der Waals surface area contributed by atoms with Gasteiger partial charge in [-0.25, -0.2) is 4.79 Å². The van der Waals surface area contributed by atoms with Crippen LogP contribution in [0.4, 0.5) is 5.69 Å². The van der Waals surface area contributed by atoms with Crippen LogP contribution >= 0.6 is 0 Å². The second-order valence-corrected chi connectivity index (χ2v) is 6.43. The maximum atomic E-state index is 12.6. The Balaban J connectivity index is 1.80. The number of carbonyl (C=O) groups excluding carboxylic acids is 2. The molecule has 0 heterocycles. The maximum absolute atomic E-state index is 12.6. The summed E-state index contributed by atoms with van der Waals surface area (Å²) in [7, 11) is 4.24. The first kappa shape index (κ1) is 20.2. The largest absolute Gasteiger partial charge is 0.493 e. The number of esters is 1. The zero-order valence-electron chi connectivity index (χ0n) is 16.7. The van der Waals surface area contributed by atoms with E-state index in [9.17, 15) is 9.59 Å². The zero-order chi connectivity index (χ0) is 20.8. The monoisotopic (exact) mass is 393 g/mol. The van der Waals surface area contributed by atoms with Crippen LogP contribution in [0.15, 0.2) is 54.6 Å². The Bertz CT molecular complexity index is 1040. The summed E-state index contributed by atoms with van der Waals surface area (Å²) in [5.41, 5.74) is 1.61. The number of amides is 1. The first-order valence-electron chi connectivity index (χ1n) is 9.18. The molecule has 0 spiro atoms. The minimum absolute atomic E-state index is 0.198. The Hall–Kier alpha value is -3.54. The molecule has 29 heavy (non-hydrogen) atoms. The van der Waals surface area contributed by atoms with E-state index in [0.29, 0.717) is 23.6 Å². The lowest BCUT2D eigenvalue weighted by Crippen LogP contribution is -2.16. The van der Waals surface area contributed by atoms with Crippen LogP contribution < -0.4 is 14.8 Å². The number of nitrogens with one attached hydrogen (secondary N) is 1. The van der Waals surface area contributed by atoms with Gasteiger partial charge in [0.15, 0.2) is 11.5 Å². The minimum Gasteiger partial charge on any atom is -0.493 e. The van der Waals surface area contributed by atoms with E-state index in [1.807, 2.05) is 42.5 Å². The summed E-state index contributed by atoms with van der Waals surface area (Å²) in [6.45, 7) is 0. The molecule has 0 fully saturated rings. The van der Waals surface area contributed by atoms with Crippen LogP contribution in [-0.4, -0.2) is 33.2 Å². The van der Waals surface area contributed by atoms with Crippen LogP contribution in [0.1, 0.15) is 22.3 Å². The number of rotatable bonds is 7.